The Bertz CT molecular complexity index is 526. The van der Waals surface area contributed by atoms with Crippen LogP contribution in [0.4, 0.5) is 5.69 Å². The number of nitro groups is 1. The van der Waals surface area contributed by atoms with Crippen LogP contribution in [0.3, 0.4) is 0 Å². The van der Waals surface area contributed by atoms with Crippen molar-refractivity contribution < 1.29 is 10.0 Å². The predicted octanol–water partition coefficient (Wildman–Crippen LogP) is 2.37. The average molecular weight is 346 g/mol. The lowest BCUT2D eigenvalue weighted by atomic mass is 10.1. The molecule has 1 aromatic carbocycles. The van der Waals surface area contributed by atoms with Crippen molar-refractivity contribution >= 4 is 38.5 Å². The molecule has 1 atom stereocenters. The van der Waals surface area contributed by atoms with Crippen LogP contribution in [-0.4, -0.2) is 38.9 Å². The highest BCUT2D eigenvalue weighted by Crippen LogP contribution is 2.27. The van der Waals surface area contributed by atoms with Gasteiger partial charge in [0, 0.05) is 35.4 Å². The molecule has 1 heterocycles. The summed E-state index contributed by atoms with van der Waals surface area (Å²) < 4.78 is 0.557. The van der Waals surface area contributed by atoms with Gasteiger partial charge in [-0.2, -0.15) is 0 Å². The minimum absolute atomic E-state index is 0.0608. The Kier molecular flexibility index (Phi) is 4.43. The third kappa shape index (κ3) is 3.46. The number of hydrogen-bond donors (Lipinski definition) is 2. The van der Waals surface area contributed by atoms with Gasteiger partial charge in [-0.25, -0.2) is 0 Å². The van der Waals surface area contributed by atoms with Gasteiger partial charge in [0.15, 0.2) is 5.17 Å². The van der Waals surface area contributed by atoms with Crippen LogP contribution in [0.1, 0.15) is 11.7 Å². The smallest absolute Gasteiger partial charge is 0.270 e. The maximum Gasteiger partial charge on any atom is 0.270 e. The molecule has 1 unspecified atom stereocenters. The number of thioether (sulfide) groups is 1. The Morgan fingerprint density at radius 3 is 2.89 bits per heavy atom. The van der Waals surface area contributed by atoms with Crippen LogP contribution in [0.2, 0.25) is 0 Å². The van der Waals surface area contributed by atoms with Gasteiger partial charge in [0.1, 0.15) is 0 Å². The summed E-state index contributed by atoms with van der Waals surface area (Å²) in [5.74, 6) is 0.837. The standard InChI is InChI=1S/C11H12BrN3O3S/c12-8-3-7(4-9(5-8)15(17)18)10(16)6-14-1-2-19-11(14)13/h3-5,10,13,16H,1-2,6H2. The molecular weight excluding hydrogens is 334 g/mol. The van der Waals surface area contributed by atoms with Gasteiger partial charge in [0.05, 0.1) is 11.0 Å². The highest BCUT2D eigenvalue weighted by molar-refractivity contribution is 9.10. The first kappa shape index (κ1) is 14.3. The largest absolute Gasteiger partial charge is 0.387 e. The fourth-order valence-corrected chi connectivity index (χ4v) is 3.18. The van der Waals surface area contributed by atoms with Gasteiger partial charge in [-0.15, -0.1) is 0 Å². The molecule has 0 aliphatic carbocycles. The lowest BCUT2D eigenvalue weighted by molar-refractivity contribution is -0.385. The van der Waals surface area contributed by atoms with E-state index < -0.39 is 11.0 Å². The molecule has 2 rings (SSSR count). The highest BCUT2D eigenvalue weighted by Gasteiger charge is 2.22. The second-order valence-electron chi connectivity index (χ2n) is 4.12. The van der Waals surface area contributed by atoms with Gasteiger partial charge in [0.25, 0.3) is 5.69 Å². The van der Waals surface area contributed by atoms with E-state index in [9.17, 15) is 15.2 Å². The first-order valence-electron chi connectivity index (χ1n) is 5.56. The quantitative estimate of drug-likeness (QED) is 0.645. The number of hydrogen-bond acceptors (Lipinski definition) is 5. The third-order valence-corrected chi connectivity index (χ3v) is 4.16. The first-order chi connectivity index (χ1) is 8.97. The summed E-state index contributed by atoms with van der Waals surface area (Å²) in [5.41, 5.74) is 0.417. The minimum Gasteiger partial charge on any atom is -0.387 e. The molecule has 1 aliphatic heterocycles. The second kappa shape index (κ2) is 5.89. The van der Waals surface area contributed by atoms with Crippen molar-refractivity contribution in [3.63, 3.8) is 0 Å². The topological polar surface area (TPSA) is 90.5 Å². The molecular formula is C11H12BrN3O3S. The molecule has 19 heavy (non-hydrogen) atoms. The number of nitro benzene ring substituents is 1. The molecule has 0 amide bonds. The van der Waals surface area contributed by atoms with Crippen molar-refractivity contribution in [1.29, 1.82) is 5.41 Å². The van der Waals surface area contributed by atoms with Crippen molar-refractivity contribution in [2.75, 3.05) is 18.8 Å². The van der Waals surface area contributed by atoms with Crippen molar-refractivity contribution in [2.45, 2.75) is 6.10 Å². The fraction of sp³-hybridized carbons (Fsp3) is 0.364. The number of nitrogens with one attached hydrogen (secondary N) is 1. The highest BCUT2D eigenvalue weighted by atomic mass is 79.9. The maximum absolute atomic E-state index is 10.8. The maximum atomic E-state index is 10.8. The number of halogens is 1. The van der Waals surface area contributed by atoms with Crippen LogP contribution in [0.25, 0.3) is 0 Å². The molecule has 0 radical (unpaired) electrons. The summed E-state index contributed by atoms with van der Waals surface area (Å²) in [4.78, 5) is 12.1. The van der Waals surface area contributed by atoms with Gasteiger partial charge in [-0.05, 0) is 11.6 Å². The van der Waals surface area contributed by atoms with E-state index in [-0.39, 0.29) is 12.2 Å². The summed E-state index contributed by atoms with van der Waals surface area (Å²) in [7, 11) is 0. The van der Waals surface area contributed by atoms with E-state index in [1.807, 2.05) is 0 Å². The van der Waals surface area contributed by atoms with Crippen LogP contribution in [0.15, 0.2) is 22.7 Å². The SMILES string of the molecule is N=C1SCCN1CC(O)c1cc(Br)cc([N+](=O)[O-])c1. The Hall–Kier alpha value is -1.12. The van der Waals surface area contributed by atoms with E-state index in [1.165, 1.54) is 23.9 Å². The lowest BCUT2D eigenvalue weighted by Crippen LogP contribution is -2.29. The Labute approximate surface area is 122 Å². The molecule has 1 saturated heterocycles. The first-order valence-corrected chi connectivity index (χ1v) is 7.34. The normalized spacial score (nSPS) is 16.7. The zero-order chi connectivity index (χ0) is 14.0. The molecule has 102 valence electrons. The van der Waals surface area contributed by atoms with Crippen LogP contribution >= 0.6 is 27.7 Å². The van der Waals surface area contributed by atoms with E-state index in [2.05, 4.69) is 15.9 Å². The Balaban J connectivity index is 2.16. The Morgan fingerprint density at radius 1 is 1.58 bits per heavy atom. The average Bonchev–Trinajstić information content (AvgIpc) is 2.74. The Morgan fingerprint density at radius 2 is 2.32 bits per heavy atom. The molecule has 0 spiro atoms. The van der Waals surface area contributed by atoms with Gasteiger partial charge in [-0.1, -0.05) is 27.7 Å². The molecule has 1 aromatic rings. The third-order valence-electron chi connectivity index (χ3n) is 2.78. The summed E-state index contributed by atoms with van der Waals surface area (Å²) in [6.07, 6.45) is -0.852. The summed E-state index contributed by atoms with van der Waals surface area (Å²) in [6, 6.07) is 4.41. The van der Waals surface area contributed by atoms with E-state index in [4.69, 9.17) is 5.41 Å². The lowest BCUT2D eigenvalue weighted by Gasteiger charge is -2.21. The summed E-state index contributed by atoms with van der Waals surface area (Å²) in [6.45, 7) is 0.996. The molecule has 8 heteroatoms. The number of aliphatic hydroxyl groups is 1. The molecule has 0 bridgehead atoms. The van der Waals surface area contributed by atoms with Gasteiger partial charge < -0.3 is 10.0 Å². The zero-order valence-corrected chi connectivity index (χ0v) is 12.3. The number of aliphatic hydroxyl groups excluding tert-OH is 1. The van der Waals surface area contributed by atoms with Gasteiger partial charge >= 0.3 is 0 Å². The fourth-order valence-electron chi connectivity index (χ4n) is 1.83. The molecule has 1 aliphatic rings. The van der Waals surface area contributed by atoms with E-state index >= 15 is 0 Å². The molecule has 0 saturated carbocycles. The van der Waals surface area contributed by atoms with E-state index in [0.717, 1.165) is 12.3 Å². The van der Waals surface area contributed by atoms with Crippen molar-refractivity contribution in [2.24, 2.45) is 0 Å². The minimum atomic E-state index is -0.852. The molecule has 0 aromatic heterocycles. The van der Waals surface area contributed by atoms with Crippen molar-refractivity contribution in [3.05, 3.63) is 38.3 Å². The number of benzene rings is 1. The van der Waals surface area contributed by atoms with E-state index in [1.54, 1.807) is 11.0 Å². The number of non-ortho nitro benzene ring substituents is 1. The number of β-amino-alcohol motifs (C(OH)–C–C–N with tert-alkyl or cyclic N) is 1. The summed E-state index contributed by atoms with van der Waals surface area (Å²) in [5, 5.41) is 29.0. The van der Waals surface area contributed by atoms with Gasteiger partial charge in [-0.3, -0.25) is 15.5 Å². The zero-order valence-electron chi connectivity index (χ0n) is 9.88. The van der Waals surface area contributed by atoms with Crippen molar-refractivity contribution in [3.8, 4) is 0 Å². The predicted molar refractivity (Wildman–Crippen MR) is 77.5 cm³/mol. The van der Waals surface area contributed by atoms with Crippen LogP contribution in [0.5, 0.6) is 0 Å². The molecule has 2 N–H and O–H groups in total. The molecule has 6 nitrogen and oxygen atoms in total. The summed E-state index contributed by atoms with van der Waals surface area (Å²) >= 11 is 4.63. The van der Waals surface area contributed by atoms with Gasteiger partial charge in [0.2, 0.25) is 0 Å². The van der Waals surface area contributed by atoms with Crippen molar-refractivity contribution in [1.82, 2.24) is 4.90 Å². The number of rotatable bonds is 4. The number of nitrogens with zero attached hydrogens (tertiary/aromatic N) is 2. The van der Waals surface area contributed by atoms with Crippen LogP contribution in [-0.2, 0) is 0 Å². The second-order valence-corrected chi connectivity index (χ2v) is 6.11. The van der Waals surface area contributed by atoms with Crippen LogP contribution in [0, 0.1) is 15.5 Å². The number of amidine groups is 1. The monoisotopic (exact) mass is 345 g/mol. The molecule has 1 fully saturated rings. The van der Waals surface area contributed by atoms with E-state index in [0.29, 0.717) is 15.2 Å². The van der Waals surface area contributed by atoms with Crippen LogP contribution < -0.4 is 0 Å².